The first-order chi connectivity index (χ1) is 16.8. The van der Waals surface area contributed by atoms with Crippen LogP contribution in [0, 0.1) is 11.7 Å². The summed E-state index contributed by atoms with van der Waals surface area (Å²) in [5.41, 5.74) is -0.603. The highest BCUT2D eigenvalue weighted by atomic mass is 32.2. The fourth-order valence-corrected chi connectivity index (χ4v) is 4.51. The lowest BCUT2D eigenvalue weighted by Gasteiger charge is -2.33. The Hall–Kier alpha value is -2.93. The molecule has 0 aliphatic carbocycles. The zero-order chi connectivity index (χ0) is 26.7. The van der Waals surface area contributed by atoms with Gasteiger partial charge in [0, 0.05) is 31.8 Å². The number of benzene rings is 1. The molecule has 13 heteroatoms. The lowest BCUT2D eigenvalue weighted by Crippen LogP contribution is -2.37. The molecule has 1 fully saturated rings. The van der Waals surface area contributed by atoms with Crippen LogP contribution in [0.5, 0.6) is 0 Å². The van der Waals surface area contributed by atoms with Gasteiger partial charge in [-0.15, -0.1) is 0 Å². The Kier molecular flexibility index (Phi) is 8.44. The number of piperidine rings is 1. The highest BCUT2D eigenvalue weighted by Gasteiger charge is 2.34. The molecule has 36 heavy (non-hydrogen) atoms. The second kappa shape index (κ2) is 11.0. The van der Waals surface area contributed by atoms with Crippen LogP contribution >= 0.6 is 0 Å². The smallest absolute Gasteiger partial charge is 0.396 e. The van der Waals surface area contributed by atoms with Gasteiger partial charge in [-0.3, -0.25) is 9.52 Å². The molecule has 0 spiro atoms. The van der Waals surface area contributed by atoms with Gasteiger partial charge in [0.1, 0.15) is 17.3 Å². The summed E-state index contributed by atoms with van der Waals surface area (Å²) in [6.45, 7) is 2.28. The number of anilines is 2. The first kappa shape index (κ1) is 27.7. The third-order valence-corrected chi connectivity index (χ3v) is 6.64. The molecule has 1 aliphatic heterocycles. The Balaban J connectivity index is 1.75. The molecule has 1 unspecified atom stereocenters. The van der Waals surface area contributed by atoms with E-state index in [2.05, 4.69) is 10.3 Å². The first-order valence-electron chi connectivity index (χ1n) is 11.3. The molecule has 1 amide bonds. The SMILES string of the molecule is CC(C(=O)NCc1ccc(C(F)(F)F)nc1N1CCC(CO)CC1)c1ccc(NS(C)(=O)=O)c(F)c1. The van der Waals surface area contributed by atoms with Crippen LogP contribution in [0.2, 0.25) is 0 Å². The van der Waals surface area contributed by atoms with Crippen molar-refractivity contribution in [3.05, 3.63) is 53.0 Å². The van der Waals surface area contributed by atoms with Crippen molar-refractivity contribution < 1.29 is 35.9 Å². The van der Waals surface area contributed by atoms with Gasteiger partial charge in [0.2, 0.25) is 15.9 Å². The molecular formula is C23H28F4N4O4S. The summed E-state index contributed by atoms with van der Waals surface area (Å²) in [4.78, 5) is 18.3. The van der Waals surface area contributed by atoms with Crippen molar-refractivity contribution in [3.8, 4) is 0 Å². The highest BCUT2D eigenvalue weighted by molar-refractivity contribution is 7.92. The maximum absolute atomic E-state index is 14.3. The highest BCUT2D eigenvalue weighted by Crippen LogP contribution is 2.32. The summed E-state index contributed by atoms with van der Waals surface area (Å²) in [6, 6.07) is 5.81. The number of amides is 1. The molecule has 1 saturated heterocycles. The van der Waals surface area contributed by atoms with Crippen LogP contribution in [0.3, 0.4) is 0 Å². The Morgan fingerprint density at radius 1 is 1.22 bits per heavy atom. The number of nitrogens with zero attached hydrogens (tertiary/aromatic N) is 2. The molecule has 1 aromatic carbocycles. The van der Waals surface area contributed by atoms with Crippen LogP contribution in [-0.2, 0) is 27.5 Å². The molecule has 2 aromatic rings. The predicted molar refractivity (Wildman–Crippen MR) is 126 cm³/mol. The van der Waals surface area contributed by atoms with Crippen molar-refractivity contribution in [2.75, 3.05) is 35.6 Å². The van der Waals surface area contributed by atoms with E-state index < -0.39 is 39.5 Å². The van der Waals surface area contributed by atoms with Gasteiger partial charge in [-0.25, -0.2) is 17.8 Å². The fraction of sp³-hybridized carbons (Fsp3) is 0.478. The van der Waals surface area contributed by atoms with E-state index in [0.717, 1.165) is 18.4 Å². The number of carbonyl (C=O) groups excluding carboxylic acids is 1. The second-order valence-electron chi connectivity index (χ2n) is 8.84. The van der Waals surface area contributed by atoms with E-state index in [0.29, 0.717) is 37.1 Å². The molecule has 198 valence electrons. The van der Waals surface area contributed by atoms with Crippen LogP contribution in [-0.4, -0.2) is 50.4 Å². The molecule has 3 N–H and O–H groups in total. The number of pyridine rings is 1. The van der Waals surface area contributed by atoms with Crippen molar-refractivity contribution in [1.29, 1.82) is 0 Å². The van der Waals surface area contributed by atoms with E-state index >= 15 is 0 Å². The Labute approximate surface area is 206 Å². The number of aliphatic hydroxyl groups is 1. The third kappa shape index (κ3) is 7.06. The maximum Gasteiger partial charge on any atom is 0.433 e. The molecule has 3 rings (SSSR count). The van der Waals surface area contributed by atoms with E-state index in [9.17, 15) is 35.9 Å². The zero-order valence-electron chi connectivity index (χ0n) is 19.8. The first-order valence-corrected chi connectivity index (χ1v) is 13.2. The molecule has 1 aromatic heterocycles. The minimum Gasteiger partial charge on any atom is -0.396 e. The number of sulfonamides is 1. The normalized spacial score (nSPS) is 16.0. The topological polar surface area (TPSA) is 112 Å². The molecule has 8 nitrogen and oxygen atoms in total. The lowest BCUT2D eigenvalue weighted by atomic mass is 9.97. The molecule has 0 bridgehead atoms. The number of hydrogen-bond acceptors (Lipinski definition) is 6. The van der Waals surface area contributed by atoms with Crippen molar-refractivity contribution in [1.82, 2.24) is 10.3 Å². The molecule has 1 aliphatic rings. The maximum atomic E-state index is 14.3. The number of hydrogen-bond donors (Lipinski definition) is 3. The Bertz CT molecular complexity index is 1200. The fourth-order valence-electron chi connectivity index (χ4n) is 3.94. The zero-order valence-corrected chi connectivity index (χ0v) is 20.6. The van der Waals surface area contributed by atoms with Gasteiger partial charge < -0.3 is 15.3 Å². The van der Waals surface area contributed by atoms with Crippen LogP contribution < -0.4 is 14.9 Å². The minimum absolute atomic E-state index is 0.0105. The van der Waals surface area contributed by atoms with Gasteiger partial charge in [-0.2, -0.15) is 13.2 Å². The van der Waals surface area contributed by atoms with Crippen molar-refractivity contribution >= 4 is 27.4 Å². The number of carbonyl (C=O) groups is 1. The molecular weight excluding hydrogens is 504 g/mol. The van der Waals surface area contributed by atoms with Crippen LogP contribution in [0.25, 0.3) is 0 Å². The average molecular weight is 533 g/mol. The van der Waals surface area contributed by atoms with Gasteiger partial charge in [0.25, 0.3) is 0 Å². The summed E-state index contributed by atoms with van der Waals surface area (Å²) >= 11 is 0. The Morgan fingerprint density at radius 3 is 2.44 bits per heavy atom. The van der Waals surface area contributed by atoms with E-state index in [-0.39, 0.29) is 30.6 Å². The molecule has 0 saturated carbocycles. The van der Waals surface area contributed by atoms with Gasteiger partial charge in [-0.1, -0.05) is 12.1 Å². The third-order valence-electron chi connectivity index (χ3n) is 6.05. The average Bonchev–Trinajstić information content (AvgIpc) is 2.82. The van der Waals surface area contributed by atoms with Crippen molar-refractivity contribution in [3.63, 3.8) is 0 Å². The molecule has 0 radical (unpaired) electrons. The quantitative estimate of drug-likeness (QED) is 0.450. The number of halogens is 4. The van der Waals surface area contributed by atoms with Crippen molar-refractivity contribution in [2.24, 2.45) is 5.92 Å². The molecule has 2 heterocycles. The van der Waals surface area contributed by atoms with Crippen LogP contribution in [0.1, 0.15) is 42.5 Å². The summed E-state index contributed by atoms with van der Waals surface area (Å²) in [6.07, 6.45) is -2.54. The van der Waals surface area contributed by atoms with E-state index in [1.165, 1.54) is 25.1 Å². The van der Waals surface area contributed by atoms with E-state index in [1.54, 1.807) is 4.90 Å². The summed E-state index contributed by atoms with van der Waals surface area (Å²) in [5.74, 6) is -1.97. The summed E-state index contributed by atoms with van der Waals surface area (Å²) in [5, 5.41) is 12.0. The number of rotatable bonds is 8. The van der Waals surface area contributed by atoms with E-state index in [4.69, 9.17) is 0 Å². The largest absolute Gasteiger partial charge is 0.433 e. The van der Waals surface area contributed by atoms with Crippen molar-refractivity contribution in [2.45, 2.75) is 38.4 Å². The Morgan fingerprint density at radius 2 is 1.89 bits per heavy atom. The second-order valence-corrected chi connectivity index (χ2v) is 10.6. The van der Waals surface area contributed by atoms with Gasteiger partial charge in [0.15, 0.2) is 0 Å². The van der Waals surface area contributed by atoms with Crippen LogP contribution in [0.15, 0.2) is 30.3 Å². The lowest BCUT2D eigenvalue weighted by molar-refractivity contribution is -0.141. The number of aromatic nitrogens is 1. The van der Waals surface area contributed by atoms with E-state index in [1.807, 2.05) is 4.72 Å². The summed E-state index contributed by atoms with van der Waals surface area (Å²) in [7, 11) is -3.68. The van der Waals surface area contributed by atoms with Gasteiger partial charge >= 0.3 is 6.18 Å². The number of nitrogens with one attached hydrogen (secondary N) is 2. The minimum atomic E-state index is -4.63. The van der Waals surface area contributed by atoms with Gasteiger partial charge in [-0.05, 0) is 49.4 Å². The number of aliphatic hydroxyl groups excluding tert-OH is 1. The van der Waals surface area contributed by atoms with Gasteiger partial charge in [0.05, 0.1) is 17.9 Å². The summed E-state index contributed by atoms with van der Waals surface area (Å²) < 4.78 is 78.9. The predicted octanol–water partition coefficient (Wildman–Crippen LogP) is 3.24. The number of alkyl halides is 3. The molecule has 1 atom stereocenters. The monoisotopic (exact) mass is 532 g/mol. The standard InChI is InChI=1S/C23H28F4N4O4S/c1-14(16-3-5-19(18(24)11-16)30-36(2,34)35)22(33)28-12-17-4-6-20(23(25,26)27)29-21(17)31-9-7-15(13-32)8-10-31/h3-6,11,14-15,30,32H,7-10,12-13H2,1-2H3,(H,28,33). The van der Waals surface area contributed by atoms with Crippen LogP contribution in [0.4, 0.5) is 29.1 Å².